The second-order valence-corrected chi connectivity index (χ2v) is 7.20. The van der Waals surface area contributed by atoms with Crippen LogP contribution in [0.3, 0.4) is 0 Å². The van der Waals surface area contributed by atoms with Crippen LogP contribution in [0.25, 0.3) is 0 Å². The van der Waals surface area contributed by atoms with E-state index in [9.17, 15) is 8.42 Å². The molecule has 0 amide bonds. The Labute approximate surface area is 121 Å². The summed E-state index contributed by atoms with van der Waals surface area (Å²) in [5.74, 6) is 0.641. The molecule has 0 aliphatic carbocycles. The van der Waals surface area contributed by atoms with Crippen LogP contribution in [0.2, 0.25) is 0 Å². The molecule has 5 nitrogen and oxygen atoms in total. The molecule has 1 aliphatic heterocycles. The lowest BCUT2D eigenvalue weighted by molar-refractivity contribution is 0.406. The summed E-state index contributed by atoms with van der Waals surface area (Å²) in [4.78, 5) is 4.06. The quantitative estimate of drug-likeness (QED) is 0.918. The molecular formula is C14H23N3O2S. The highest BCUT2D eigenvalue weighted by Crippen LogP contribution is 2.24. The first kappa shape index (κ1) is 15.4. The lowest BCUT2D eigenvalue weighted by atomic mass is 9.98. The van der Waals surface area contributed by atoms with E-state index in [1.807, 2.05) is 0 Å². The normalized spacial score (nSPS) is 21.6. The van der Waals surface area contributed by atoms with E-state index in [1.54, 1.807) is 22.6 Å². The first-order valence-electron chi connectivity index (χ1n) is 7.23. The molecular weight excluding hydrogens is 274 g/mol. The van der Waals surface area contributed by atoms with Crippen LogP contribution in [0, 0.1) is 5.92 Å². The van der Waals surface area contributed by atoms with Crippen LogP contribution in [0.15, 0.2) is 23.4 Å². The lowest BCUT2D eigenvalue weighted by Crippen LogP contribution is -2.32. The summed E-state index contributed by atoms with van der Waals surface area (Å²) in [6, 6.07) is 3.28. The third-order valence-electron chi connectivity index (χ3n) is 4.02. The highest BCUT2D eigenvalue weighted by atomic mass is 32.2. The fourth-order valence-electron chi connectivity index (χ4n) is 2.60. The molecule has 1 aromatic rings. The molecule has 1 atom stereocenters. The third-order valence-corrected chi connectivity index (χ3v) is 5.84. The molecule has 0 spiro atoms. The monoisotopic (exact) mass is 297 g/mol. The lowest BCUT2D eigenvalue weighted by Gasteiger charge is -2.19. The molecule has 0 radical (unpaired) electrons. The van der Waals surface area contributed by atoms with E-state index in [1.165, 1.54) is 0 Å². The standard InChI is InChI=1S/C14H23N3O2S/c1-2-12-4-3-8-17(9-7-12)20(18,19)14-6-5-13(10-15)11-16-14/h5-6,11-12H,2-4,7-10,15H2,1H3. The van der Waals surface area contributed by atoms with E-state index in [-0.39, 0.29) is 5.03 Å². The topological polar surface area (TPSA) is 76.3 Å². The average Bonchev–Trinajstić information content (AvgIpc) is 2.73. The summed E-state index contributed by atoms with van der Waals surface area (Å²) in [5, 5.41) is 0.129. The van der Waals surface area contributed by atoms with Gasteiger partial charge in [0.15, 0.2) is 5.03 Å². The zero-order valence-electron chi connectivity index (χ0n) is 12.0. The highest BCUT2D eigenvalue weighted by Gasteiger charge is 2.28. The Hall–Kier alpha value is -0.980. The number of rotatable bonds is 4. The Morgan fingerprint density at radius 3 is 2.75 bits per heavy atom. The Balaban J connectivity index is 2.16. The fourth-order valence-corrected chi connectivity index (χ4v) is 4.01. The van der Waals surface area contributed by atoms with Gasteiger partial charge in [-0.1, -0.05) is 19.4 Å². The number of pyridine rings is 1. The van der Waals surface area contributed by atoms with Crippen molar-refractivity contribution < 1.29 is 8.42 Å². The Bertz CT molecular complexity index is 528. The van der Waals surface area contributed by atoms with Crippen LogP contribution in [0.4, 0.5) is 0 Å². The van der Waals surface area contributed by atoms with Crippen molar-refractivity contribution in [2.45, 2.75) is 44.2 Å². The van der Waals surface area contributed by atoms with Gasteiger partial charge in [-0.3, -0.25) is 0 Å². The van der Waals surface area contributed by atoms with Gasteiger partial charge in [0.05, 0.1) is 0 Å². The van der Waals surface area contributed by atoms with E-state index < -0.39 is 10.0 Å². The van der Waals surface area contributed by atoms with Crippen LogP contribution in [0.1, 0.15) is 38.2 Å². The minimum absolute atomic E-state index is 0.129. The van der Waals surface area contributed by atoms with Gasteiger partial charge < -0.3 is 5.73 Å². The van der Waals surface area contributed by atoms with Gasteiger partial charge in [-0.05, 0) is 36.8 Å². The number of sulfonamides is 1. The van der Waals surface area contributed by atoms with Crippen LogP contribution < -0.4 is 5.73 Å². The van der Waals surface area contributed by atoms with Gasteiger partial charge in [-0.15, -0.1) is 0 Å². The van der Waals surface area contributed by atoms with Crippen molar-refractivity contribution in [2.24, 2.45) is 11.7 Å². The van der Waals surface area contributed by atoms with Crippen LogP contribution in [-0.4, -0.2) is 30.8 Å². The zero-order valence-corrected chi connectivity index (χ0v) is 12.8. The van der Waals surface area contributed by atoms with Crippen LogP contribution in [0.5, 0.6) is 0 Å². The minimum Gasteiger partial charge on any atom is -0.326 e. The maximum Gasteiger partial charge on any atom is 0.260 e. The van der Waals surface area contributed by atoms with Gasteiger partial charge in [0.2, 0.25) is 0 Å². The van der Waals surface area contributed by atoms with Crippen molar-refractivity contribution >= 4 is 10.0 Å². The number of hydrogen-bond donors (Lipinski definition) is 1. The number of aromatic nitrogens is 1. The van der Waals surface area contributed by atoms with Crippen molar-refractivity contribution in [2.75, 3.05) is 13.1 Å². The van der Waals surface area contributed by atoms with Gasteiger partial charge >= 0.3 is 0 Å². The smallest absolute Gasteiger partial charge is 0.260 e. The van der Waals surface area contributed by atoms with Crippen molar-refractivity contribution in [3.8, 4) is 0 Å². The van der Waals surface area contributed by atoms with Crippen molar-refractivity contribution in [3.63, 3.8) is 0 Å². The third kappa shape index (κ3) is 3.37. The predicted octanol–water partition coefficient (Wildman–Crippen LogP) is 1.74. The van der Waals surface area contributed by atoms with Crippen molar-refractivity contribution in [1.29, 1.82) is 0 Å². The highest BCUT2D eigenvalue weighted by molar-refractivity contribution is 7.89. The van der Waals surface area contributed by atoms with Crippen LogP contribution in [-0.2, 0) is 16.6 Å². The molecule has 112 valence electrons. The van der Waals surface area contributed by atoms with E-state index >= 15 is 0 Å². The van der Waals surface area contributed by atoms with Crippen LogP contribution >= 0.6 is 0 Å². The van der Waals surface area contributed by atoms with E-state index in [0.29, 0.717) is 25.6 Å². The SMILES string of the molecule is CCC1CCCN(S(=O)(=O)c2ccc(CN)cn2)CC1. The molecule has 20 heavy (non-hydrogen) atoms. The summed E-state index contributed by atoms with van der Waals surface area (Å²) in [5.41, 5.74) is 6.34. The fraction of sp³-hybridized carbons (Fsp3) is 0.643. The first-order chi connectivity index (χ1) is 9.57. The molecule has 2 heterocycles. The Morgan fingerprint density at radius 1 is 1.35 bits per heavy atom. The largest absolute Gasteiger partial charge is 0.326 e. The van der Waals surface area contributed by atoms with Crippen molar-refractivity contribution in [1.82, 2.24) is 9.29 Å². The van der Waals surface area contributed by atoms with E-state index in [0.717, 1.165) is 31.2 Å². The molecule has 1 fully saturated rings. The van der Waals surface area contributed by atoms with Gasteiger partial charge in [-0.25, -0.2) is 13.4 Å². The average molecular weight is 297 g/mol. The second-order valence-electron chi connectivity index (χ2n) is 5.32. The van der Waals surface area contributed by atoms with Gasteiger partial charge in [-0.2, -0.15) is 4.31 Å². The first-order valence-corrected chi connectivity index (χ1v) is 8.67. The molecule has 1 unspecified atom stereocenters. The summed E-state index contributed by atoms with van der Waals surface area (Å²) in [7, 11) is -3.46. The Kier molecular flexibility index (Phi) is 5.12. The maximum atomic E-state index is 12.6. The zero-order chi connectivity index (χ0) is 14.6. The molecule has 0 bridgehead atoms. The predicted molar refractivity (Wildman–Crippen MR) is 78.5 cm³/mol. The molecule has 0 saturated carbocycles. The molecule has 1 aromatic heterocycles. The summed E-state index contributed by atoms with van der Waals surface area (Å²) in [6.45, 7) is 3.73. The summed E-state index contributed by atoms with van der Waals surface area (Å²) >= 11 is 0. The number of hydrogen-bond acceptors (Lipinski definition) is 4. The summed E-state index contributed by atoms with van der Waals surface area (Å²) < 4.78 is 26.7. The number of nitrogens with zero attached hydrogens (tertiary/aromatic N) is 2. The van der Waals surface area contributed by atoms with Crippen molar-refractivity contribution in [3.05, 3.63) is 23.9 Å². The van der Waals surface area contributed by atoms with Gasteiger partial charge in [0, 0.05) is 25.8 Å². The molecule has 2 rings (SSSR count). The van der Waals surface area contributed by atoms with E-state index in [4.69, 9.17) is 5.73 Å². The summed E-state index contributed by atoms with van der Waals surface area (Å²) in [6.07, 6.45) is 5.65. The molecule has 1 saturated heterocycles. The minimum atomic E-state index is -3.46. The van der Waals surface area contributed by atoms with Gasteiger partial charge in [0.25, 0.3) is 10.0 Å². The Morgan fingerprint density at radius 2 is 2.15 bits per heavy atom. The molecule has 1 aliphatic rings. The van der Waals surface area contributed by atoms with E-state index in [2.05, 4.69) is 11.9 Å². The molecule has 2 N–H and O–H groups in total. The molecule has 6 heteroatoms. The second kappa shape index (κ2) is 6.65. The number of nitrogens with two attached hydrogens (primary N) is 1. The molecule has 0 aromatic carbocycles. The van der Waals surface area contributed by atoms with Gasteiger partial charge in [0.1, 0.15) is 0 Å². The maximum absolute atomic E-state index is 12.6.